The van der Waals surface area contributed by atoms with E-state index < -0.39 is 0 Å². The third kappa shape index (κ3) is 10.6. The van der Waals surface area contributed by atoms with E-state index in [1.807, 2.05) is 11.8 Å². The van der Waals surface area contributed by atoms with Gasteiger partial charge in [-0.2, -0.15) is 11.8 Å². The smallest absolute Gasteiger partial charge is 0.221 e. The Morgan fingerprint density at radius 2 is 2.06 bits per heavy atom. The molecule has 1 amide bonds. The van der Waals surface area contributed by atoms with Crippen molar-refractivity contribution in [1.29, 1.82) is 0 Å². The van der Waals surface area contributed by atoms with Gasteiger partial charge in [0.2, 0.25) is 5.91 Å². The van der Waals surface area contributed by atoms with Crippen LogP contribution in [0.2, 0.25) is 0 Å². The Bertz CT molecular complexity index is 198. The zero-order valence-corrected chi connectivity index (χ0v) is 12.3. The molecule has 0 aromatic carbocycles. The number of nitrogens with two attached hydrogens (primary N) is 1. The zero-order chi connectivity index (χ0) is 13.1. The van der Waals surface area contributed by atoms with E-state index >= 15 is 0 Å². The number of thioether (sulfide) groups is 1. The summed E-state index contributed by atoms with van der Waals surface area (Å²) in [5, 5.41) is 3.01. The van der Waals surface area contributed by atoms with Crippen molar-refractivity contribution < 1.29 is 4.79 Å². The Hall–Kier alpha value is -0.220. The molecule has 0 aromatic heterocycles. The Balaban J connectivity index is 3.61. The van der Waals surface area contributed by atoms with E-state index in [9.17, 15) is 4.79 Å². The minimum Gasteiger partial charge on any atom is -0.352 e. The molecule has 0 bridgehead atoms. The van der Waals surface area contributed by atoms with Crippen LogP contribution in [0.4, 0.5) is 0 Å². The molecule has 0 aliphatic carbocycles. The van der Waals surface area contributed by atoms with Crippen LogP contribution in [0, 0.1) is 5.92 Å². The van der Waals surface area contributed by atoms with Crippen molar-refractivity contribution in [1.82, 2.24) is 5.32 Å². The number of unbranched alkanes of at least 4 members (excludes halogenated alkanes) is 1. The van der Waals surface area contributed by atoms with Gasteiger partial charge in [0.15, 0.2) is 0 Å². The molecule has 0 heterocycles. The fourth-order valence-electron chi connectivity index (χ4n) is 1.60. The summed E-state index contributed by atoms with van der Waals surface area (Å²) in [6.07, 6.45) is 4.04. The van der Waals surface area contributed by atoms with Crippen molar-refractivity contribution in [3.05, 3.63) is 0 Å². The highest BCUT2D eigenvalue weighted by Crippen LogP contribution is 2.07. The molecule has 0 aliphatic rings. The van der Waals surface area contributed by atoms with Gasteiger partial charge in [0.25, 0.3) is 0 Å². The maximum absolute atomic E-state index is 11.6. The number of nitrogens with one attached hydrogen (secondary N) is 1. The number of carbonyl (C=O) groups is 1. The van der Waals surface area contributed by atoms with E-state index in [1.54, 1.807) is 0 Å². The molecule has 0 aromatic rings. The Morgan fingerprint density at radius 1 is 1.35 bits per heavy atom. The van der Waals surface area contributed by atoms with Crippen LogP contribution in [-0.2, 0) is 4.79 Å². The highest BCUT2D eigenvalue weighted by molar-refractivity contribution is 7.99. The Kier molecular flexibility index (Phi) is 10.8. The SMILES string of the molecule is CCCCSCCC(=O)NC(CN)CC(C)C. The molecule has 3 nitrogen and oxygen atoms in total. The van der Waals surface area contributed by atoms with Crippen LogP contribution < -0.4 is 11.1 Å². The first kappa shape index (κ1) is 16.8. The fourth-order valence-corrected chi connectivity index (χ4v) is 2.62. The van der Waals surface area contributed by atoms with Crippen LogP contribution in [0.25, 0.3) is 0 Å². The van der Waals surface area contributed by atoms with Gasteiger partial charge in [-0.3, -0.25) is 4.79 Å². The lowest BCUT2D eigenvalue weighted by atomic mass is 10.0. The lowest BCUT2D eigenvalue weighted by Crippen LogP contribution is -2.41. The van der Waals surface area contributed by atoms with E-state index in [1.165, 1.54) is 12.8 Å². The van der Waals surface area contributed by atoms with Gasteiger partial charge >= 0.3 is 0 Å². The molecule has 4 heteroatoms. The summed E-state index contributed by atoms with van der Waals surface area (Å²) in [6, 6.07) is 0.142. The summed E-state index contributed by atoms with van der Waals surface area (Å²) in [6.45, 7) is 7.02. The second-order valence-corrected chi connectivity index (χ2v) is 6.07. The first-order valence-corrected chi connectivity index (χ1v) is 7.82. The number of carbonyl (C=O) groups excluding carboxylic acids is 1. The predicted molar refractivity (Wildman–Crippen MR) is 77.3 cm³/mol. The minimum atomic E-state index is 0.142. The summed E-state index contributed by atoms with van der Waals surface area (Å²) < 4.78 is 0. The normalized spacial score (nSPS) is 12.8. The molecule has 102 valence electrons. The number of rotatable bonds is 10. The van der Waals surface area contributed by atoms with Crippen molar-refractivity contribution in [2.45, 2.75) is 52.5 Å². The van der Waals surface area contributed by atoms with Gasteiger partial charge in [0.1, 0.15) is 0 Å². The number of amides is 1. The molecular formula is C13H28N2OS. The summed E-state index contributed by atoms with van der Waals surface area (Å²) in [5.74, 6) is 2.80. The molecular weight excluding hydrogens is 232 g/mol. The highest BCUT2D eigenvalue weighted by Gasteiger charge is 2.11. The van der Waals surface area contributed by atoms with E-state index in [-0.39, 0.29) is 11.9 Å². The molecule has 0 fully saturated rings. The summed E-state index contributed by atoms with van der Waals surface area (Å²) in [5.41, 5.74) is 5.64. The summed E-state index contributed by atoms with van der Waals surface area (Å²) >= 11 is 1.86. The van der Waals surface area contributed by atoms with Crippen LogP contribution in [-0.4, -0.2) is 30.0 Å². The first-order valence-electron chi connectivity index (χ1n) is 6.67. The molecule has 0 spiro atoms. The topological polar surface area (TPSA) is 55.1 Å². The van der Waals surface area contributed by atoms with Crippen molar-refractivity contribution in [3.63, 3.8) is 0 Å². The minimum absolute atomic E-state index is 0.142. The lowest BCUT2D eigenvalue weighted by Gasteiger charge is -2.18. The van der Waals surface area contributed by atoms with Gasteiger partial charge < -0.3 is 11.1 Å². The van der Waals surface area contributed by atoms with Crippen LogP contribution in [0.15, 0.2) is 0 Å². The maximum Gasteiger partial charge on any atom is 0.221 e. The number of hydrogen-bond donors (Lipinski definition) is 2. The Labute approximate surface area is 110 Å². The van der Waals surface area contributed by atoms with Crippen molar-refractivity contribution in [2.75, 3.05) is 18.1 Å². The Morgan fingerprint density at radius 3 is 2.59 bits per heavy atom. The van der Waals surface area contributed by atoms with Gasteiger partial charge in [0, 0.05) is 24.8 Å². The van der Waals surface area contributed by atoms with E-state index in [0.29, 0.717) is 18.9 Å². The lowest BCUT2D eigenvalue weighted by molar-refractivity contribution is -0.121. The van der Waals surface area contributed by atoms with Crippen LogP contribution in [0.1, 0.15) is 46.5 Å². The molecule has 0 aliphatic heterocycles. The van der Waals surface area contributed by atoms with Gasteiger partial charge in [-0.1, -0.05) is 27.2 Å². The van der Waals surface area contributed by atoms with Crippen molar-refractivity contribution >= 4 is 17.7 Å². The third-order valence-electron chi connectivity index (χ3n) is 2.52. The zero-order valence-electron chi connectivity index (χ0n) is 11.5. The van der Waals surface area contributed by atoms with Crippen molar-refractivity contribution in [3.8, 4) is 0 Å². The largest absolute Gasteiger partial charge is 0.352 e. The molecule has 0 saturated heterocycles. The summed E-state index contributed by atoms with van der Waals surface area (Å²) in [4.78, 5) is 11.6. The van der Waals surface area contributed by atoms with Crippen molar-refractivity contribution in [2.24, 2.45) is 11.7 Å². The second-order valence-electron chi connectivity index (χ2n) is 4.85. The van der Waals surface area contributed by atoms with E-state index in [4.69, 9.17) is 5.73 Å². The van der Waals surface area contributed by atoms with Gasteiger partial charge in [-0.25, -0.2) is 0 Å². The standard InChI is InChI=1S/C13H28N2OS/c1-4-5-7-17-8-6-13(16)15-12(10-14)9-11(2)3/h11-12H,4-10,14H2,1-3H3,(H,15,16). The molecule has 1 atom stereocenters. The third-order valence-corrected chi connectivity index (χ3v) is 3.59. The molecule has 3 N–H and O–H groups in total. The number of hydrogen-bond acceptors (Lipinski definition) is 3. The highest BCUT2D eigenvalue weighted by atomic mass is 32.2. The molecule has 0 radical (unpaired) electrons. The van der Waals surface area contributed by atoms with Crippen LogP contribution >= 0.6 is 11.8 Å². The van der Waals surface area contributed by atoms with Gasteiger partial charge in [-0.15, -0.1) is 0 Å². The molecule has 1 unspecified atom stereocenters. The van der Waals surface area contributed by atoms with Gasteiger partial charge in [-0.05, 0) is 24.5 Å². The first-order chi connectivity index (χ1) is 8.10. The monoisotopic (exact) mass is 260 g/mol. The van der Waals surface area contributed by atoms with Crippen LogP contribution in [0.3, 0.4) is 0 Å². The average molecular weight is 260 g/mol. The predicted octanol–water partition coefficient (Wildman–Crippen LogP) is 2.40. The van der Waals surface area contributed by atoms with E-state index in [0.717, 1.165) is 17.9 Å². The molecule has 0 rings (SSSR count). The fraction of sp³-hybridized carbons (Fsp3) is 0.923. The molecule has 0 saturated carbocycles. The van der Waals surface area contributed by atoms with E-state index in [2.05, 4.69) is 26.1 Å². The maximum atomic E-state index is 11.6. The van der Waals surface area contributed by atoms with Gasteiger partial charge in [0.05, 0.1) is 0 Å². The quantitative estimate of drug-likeness (QED) is 0.593. The average Bonchev–Trinajstić information content (AvgIpc) is 2.27. The summed E-state index contributed by atoms with van der Waals surface area (Å²) in [7, 11) is 0. The second kappa shape index (κ2) is 10.9. The van der Waals surface area contributed by atoms with Crippen LogP contribution in [0.5, 0.6) is 0 Å². The molecule has 17 heavy (non-hydrogen) atoms.